The van der Waals surface area contributed by atoms with Crippen molar-refractivity contribution in [2.75, 3.05) is 6.54 Å². The Bertz CT molecular complexity index is 594. The van der Waals surface area contributed by atoms with Crippen LogP contribution in [0.15, 0.2) is 47.1 Å². The van der Waals surface area contributed by atoms with Gasteiger partial charge in [0, 0.05) is 6.54 Å². The van der Waals surface area contributed by atoms with E-state index in [0.29, 0.717) is 6.42 Å². The van der Waals surface area contributed by atoms with Crippen molar-refractivity contribution >= 4 is 5.91 Å². The summed E-state index contributed by atoms with van der Waals surface area (Å²) in [5.74, 6) is -0.344. The van der Waals surface area contributed by atoms with Crippen LogP contribution in [-0.2, 0) is 0 Å². The number of nitrogens with zero attached hydrogens (tertiary/aromatic N) is 1. The quantitative estimate of drug-likeness (QED) is 0.915. The van der Waals surface area contributed by atoms with Crippen LogP contribution in [0.4, 0.5) is 4.39 Å². The Balaban J connectivity index is 1.89. The monoisotopic (exact) mass is 275 g/mol. The molecule has 1 saturated heterocycles. The summed E-state index contributed by atoms with van der Waals surface area (Å²) in [5, 5.41) is 9.83. The van der Waals surface area contributed by atoms with Crippen LogP contribution in [-0.4, -0.2) is 28.6 Å². The lowest BCUT2D eigenvalue weighted by atomic mass is 10.0. The number of β-amino-alcohol motifs (C(OH)–C–C–N with tert-alkyl or cyclic N) is 1. The summed E-state index contributed by atoms with van der Waals surface area (Å²) >= 11 is 0. The normalized spacial score (nSPS) is 22.2. The summed E-state index contributed by atoms with van der Waals surface area (Å²) < 4.78 is 18.1. The first-order valence-corrected chi connectivity index (χ1v) is 6.43. The molecule has 1 aromatic heterocycles. The van der Waals surface area contributed by atoms with Gasteiger partial charge in [0.15, 0.2) is 5.76 Å². The van der Waals surface area contributed by atoms with Crippen LogP contribution in [0.2, 0.25) is 0 Å². The van der Waals surface area contributed by atoms with Gasteiger partial charge in [-0.25, -0.2) is 4.39 Å². The Morgan fingerprint density at radius 1 is 1.30 bits per heavy atom. The van der Waals surface area contributed by atoms with Crippen LogP contribution in [0.5, 0.6) is 0 Å². The van der Waals surface area contributed by atoms with Crippen LogP contribution >= 0.6 is 0 Å². The van der Waals surface area contributed by atoms with Gasteiger partial charge in [0.05, 0.1) is 18.4 Å². The van der Waals surface area contributed by atoms with E-state index in [2.05, 4.69) is 0 Å². The van der Waals surface area contributed by atoms with E-state index < -0.39 is 6.10 Å². The highest BCUT2D eigenvalue weighted by molar-refractivity contribution is 5.92. The molecule has 0 spiro atoms. The third-order valence-corrected chi connectivity index (χ3v) is 3.53. The Labute approximate surface area is 115 Å². The van der Waals surface area contributed by atoms with Gasteiger partial charge in [-0.1, -0.05) is 12.1 Å². The van der Waals surface area contributed by atoms with Gasteiger partial charge >= 0.3 is 0 Å². The SMILES string of the molecule is O=C(c1ccco1)N1C[C@H](O)C[C@H]1c1ccc(F)cc1. The maximum Gasteiger partial charge on any atom is 0.290 e. The Morgan fingerprint density at radius 3 is 2.70 bits per heavy atom. The average molecular weight is 275 g/mol. The fraction of sp³-hybridized carbons (Fsp3) is 0.267. The zero-order valence-electron chi connectivity index (χ0n) is 10.7. The largest absolute Gasteiger partial charge is 0.459 e. The van der Waals surface area contributed by atoms with Crippen molar-refractivity contribution in [2.24, 2.45) is 0 Å². The highest BCUT2D eigenvalue weighted by Gasteiger charge is 2.36. The third-order valence-electron chi connectivity index (χ3n) is 3.53. The van der Waals surface area contributed by atoms with Crippen LogP contribution in [0.25, 0.3) is 0 Å². The number of hydrogen-bond donors (Lipinski definition) is 1. The molecule has 1 fully saturated rings. The summed E-state index contributed by atoms with van der Waals surface area (Å²) in [6.45, 7) is 0.252. The van der Waals surface area contributed by atoms with Crippen LogP contribution in [0.3, 0.4) is 0 Å². The second-order valence-corrected chi connectivity index (χ2v) is 4.89. The number of likely N-dealkylation sites (tertiary alicyclic amines) is 1. The zero-order chi connectivity index (χ0) is 14.1. The van der Waals surface area contributed by atoms with Gasteiger partial charge < -0.3 is 14.4 Å². The molecule has 0 unspecified atom stereocenters. The molecule has 0 saturated carbocycles. The van der Waals surface area contributed by atoms with Crippen molar-refractivity contribution in [3.8, 4) is 0 Å². The van der Waals surface area contributed by atoms with Gasteiger partial charge in [0.25, 0.3) is 5.91 Å². The first-order valence-electron chi connectivity index (χ1n) is 6.43. The summed E-state index contributed by atoms with van der Waals surface area (Å²) in [4.78, 5) is 13.9. The minimum Gasteiger partial charge on any atom is -0.459 e. The molecule has 1 aromatic carbocycles. The molecule has 2 aromatic rings. The number of aliphatic hydroxyl groups is 1. The fourth-order valence-corrected chi connectivity index (χ4v) is 2.58. The molecular formula is C15H14FNO3. The number of hydrogen-bond acceptors (Lipinski definition) is 3. The number of amides is 1. The standard InChI is InChI=1S/C15H14FNO3/c16-11-5-3-10(4-6-11)13-8-12(18)9-17(13)15(19)14-2-1-7-20-14/h1-7,12-13,18H,8-9H2/t12-,13+/m1/s1. The van der Waals surface area contributed by atoms with Crippen LogP contribution < -0.4 is 0 Å². The van der Waals surface area contributed by atoms with Crippen molar-refractivity contribution < 1.29 is 18.7 Å². The zero-order valence-corrected chi connectivity index (χ0v) is 10.7. The average Bonchev–Trinajstić information content (AvgIpc) is 3.08. The van der Waals surface area contributed by atoms with Gasteiger partial charge in [-0.05, 0) is 36.2 Å². The molecule has 5 heteroatoms. The molecule has 3 rings (SSSR count). The van der Waals surface area contributed by atoms with E-state index in [1.54, 1.807) is 29.2 Å². The lowest BCUT2D eigenvalue weighted by Gasteiger charge is -2.23. The minimum absolute atomic E-state index is 0.242. The first kappa shape index (κ1) is 12.9. The van der Waals surface area contributed by atoms with Gasteiger partial charge in [0.1, 0.15) is 5.82 Å². The molecular weight excluding hydrogens is 261 g/mol. The number of carbonyl (C=O) groups is 1. The van der Waals surface area contributed by atoms with Gasteiger partial charge in [-0.2, -0.15) is 0 Å². The molecule has 1 amide bonds. The van der Waals surface area contributed by atoms with Crippen molar-refractivity contribution in [2.45, 2.75) is 18.6 Å². The highest BCUT2D eigenvalue weighted by atomic mass is 19.1. The van der Waals surface area contributed by atoms with Crippen LogP contribution in [0.1, 0.15) is 28.6 Å². The van der Waals surface area contributed by atoms with Gasteiger partial charge in [0.2, 0.25) is 0 Å². The molecule has 104 valence electrons. The third kappa shape index (κ3) is 2.32. The lowest BCUT2D eigenvalue weighted by molar-refractivity contribution is 0.0683. The van der Waals surface area contributed by atoms with Gasteiger partial charge in [-0.3, -0.25) is 4.79 Å². The second kappa shape index (κ2) is 5.09. The van der Waals surface area contributed by atoms with Crippen molar-refractivity contribution in [3.63, 3.8) is 0 Å². The van der Waals surface area contributed by atoms with Crippen molar-refractivity contribution in [1.29, 1.82) is 0 Å². The summed E-state index contributed by atoms with van der Waals surface area (Å²) in [6, 6.07) is 8.97. The second-order valence-electron chi connectivity index (χ2n) is 4.89. The van der Waals surface area contributed by atoms with E-state index in [-0.39, 0.29) is 30.1 Å². The van der Waals surface area contributed by atoms with Crippen molar-refractivity contribution in [1.82, 2.24) is 4.90 Å². The lowest BCUT2D eigenvalue weighted by Crippen LogP contribution is -2.31. The maximum absolute atomic E-state index is 13.0. The predicted octanol–water partition coefficient (Wildman–Crippen LogP) is 2.37. The number of furan rings is 1. The van der Waals surface area contributed by atoms with Gasteiger partial charge in [-0.15, -0.1) is 0 Å². The molecule has 2 heterocycles. The van der Waals surface area contributed by atoms with E-state index >= 15 is 0 Å². The van der Waals surface area contributed by atoms with E-state index in [1.165, 1.54) is 18.4 Å². The number of benzene rings is 1. The smallest absolute Gasteiger partial charge is 0.290 e. The molecule has 20 heavy (non-hydrogen) atoms. The summed E-state index contributed by atoms with van der Waals surface area (Å²) in [6.07, 6.45) is 1.30. The predicted molar refractivity (Wildman–Crippen MR) is 69.5 cm³/mol. The fourth-order valence-electron chi connectivity index (χ4n) is 2.58. The molecule has 1 aliphatic rings. The summed E-state index contributed by atoms with van der Waals surface area (Å²) in [5.41, 5.74) is 0.808. The minimum atomic E-state index is -0.580. The topological polar surface area (TPSA) is 53.7 Å². The maximum atomic E-state index is 13.0. The Hall–Kier alpha value is -2.14. The van der Waals surface area contributed by atoms with E-state index in [9.17, 15) is 14.3 Å². The van der Waals surface area contributed by atoms with Crippen molar-refractivity contribution in [3.05, 3.63) is 59.8 Å². The number of aliphatic hydroxyl groups excluding tert-OH is 1. The number of halogens is 1. The molecule has 0 radical (unpaired) electrons. The Morgan fingerprint density at radius 2 is 2.05 bits per heavy atom. The number of rotatable bonds is 2. The first-order chi connectivity index (χ1) is 9.65. The van der Waals surface area contributed by atoms with E-state index in [1.807, 2.05) is 0 Å². The molecule has 2 atom stereocenters. The molecule has 0 bridgehead atoms. The summed E-state index contributed by atoms with van der Waals surface area (Å²) in [7, 11) is 0. The highest BCUT2D eigenvalue weighted by Crippen LogP contribution is 2.33. The molecule has 1 aliphatic heterocycles. The molecule has 1 N–H and O–H groups in total. The van der Waals surface area contributed by atoms with E-state index in [0.717, 1.165) is 5.56 Å². The van der Waals surface area contributed by atoms with E-state index in [4.69, 9.17) is 4.42 Å². The molecule has 0 aliphatic carbocycles. The molecule has 4 nitrogen and oxygen atoms in total. The number of carbonyl (C=O) groups excluding carboxylic acids is 1. The Kier molecular flexibility index (Phi) is 3.28. The van der Waals surface area contributed by atoms with Crippen LogP contribution in [0, 0.1) is 5.82 Å².